The first kappa shape index (κ1) is 22.6. The number of piperidine rings is 1. The lowest BCUT2D eigenvalue weighted by Gasteiger charge is -2.33. The molecule has 176 valence electrons. The molecule has 0 radical (unpaired) electrons. The molecule has 2 heterocycles. The van der Waals surface area contributed by atoms with Gasteiger partial charge in [0.15, 0.2) is 0 Å². The standard InChI is InChI=1S/C29H33N3O2/c1-21(22-9-3-2-4-10-22)31-18-16-25(20-31)30-28(33)24-13-8-17-32(19-24)29(34)27-15-7-12-23-11-5-6-14-26(23)27/h2-7,9-12,14-15,21,24-25H,8,13,16-20H2,1H3,(H,30,33). The van der Waals surface area contributed by atoms with Gasteiger partial charge in [0.1, 0.15) is 0 Å². The topological polar surface area (TPSA) is 52.7 Å². The normalized spacial score (nSPS) is 22.0. The Hall–Kier alpha value is -3.18. The van der Waals surface area contributed by atoms with Gasteiger partial charge in [-0.3, -0.25) is 14.5 Å². The Labute approximate surface area is 201 Å². The van der Waals surface area contributed by atoms with E-state index in [-0.39, 0.29) is 23.8 Å². The first-order chi connectivity index (χ1) is 16.6. The van der Waals surface area contributed by atoms with Crippen LogP contribution in [0.5, 0.6) is 0 Å². The van der Waals surface area contributed by atoms with Crippen LogP contribution in [0.2, 0.25) is 0 Å². The van der Waals surface area contributed by atoms with E-state index in [2.05, 4.69) is 41.4 Å². The maximum Gasteiger partial charge on any atom is 0.254 e. The Morgan fingerprint density at radius 3 is 2.50 bits per heavy atom. The minimum Gasteiger partial charge on any atom is -0.352 e. The number of carbonyl (C=O) groups excluding carboxylic acids is 2. The highest BCUT2D eigenvalue weighted by atomic mass is 16.2. The SMILES string of the molecule is CC(c1ccccc1)N1CCC(NC(=O)C2CCCN(C(=O)c3cccc4ccccc34)C2)C1. The number of hydrogen-bond acceptors (Lipinski definition) is 3. The van der Waals surface area contributed by atoms with E-state index in [9.17, 15) is 9.59 Å². The third kappa shape index (κ3) is 4.71. The smallest absolute Gasteiger partial charge is 0.254 e. The quantitative estimate of drug-likeness (QED) is 0.610. The zero-order chi connectivity index (χ0) is 23.5. The Kier molecular flexibility index (Phi) is 6.63. The highest BCUT2D eigenvalue weighted by Crippen LogP contribution is 2.26. The molecule has 0 saturated carbocycles. The van der Waals surface area contributed by atoms with Crippen molar-refractivity contribution in [1.82, 2.24) is 15.1 Å². The van der Waals surface area contributed by atoms with Gasteiger partial charge in [-0.2, -0.15) is 0 Å². The fourth-order valence-corrected chi connectivity index (χ4v) is 5.48. The third-order valence-corrected chi connectivity index (χ3v) is 7.50. The van der Waals surface area contributed by atoms with Crippen molar-refractivity contribution in [2.24, 2.45) is 5.92 Å². The number of carbonyl (C=O) groups is 2. The first-order valence-electron chi connectivity index (χ1n) is 12.5. The van der Waals surface area contributed by atoms with Crippen LogP contribution in [-0.4, -0.2) is 53.8 Å². The first-order valence-corrected chi connectivity index (χ1v) is 12.5. The fourth-order valence-electron chi connectivity index (χ4n) is 5.48. The highest BCUT2D eigenvalue weighted by molar-refractivity contribution is 6.07. The number of nitrogens with one attached hydrogen (secondary N) is 1. The molecule has 2 fully saturated rings. The average Bonchev–Trinajstić information content (AvgIpc) is 3.36. The van der Waals surface area contributed by atoms with Crippen LogP contribution >= 0.6 is 0 Å². The number of nitrogens with zero attached hydrogens (tertiary/aromatic N) is 2. The lowest BCUT2D eigenvalue weighted by Crippen LogP contribution is -2.48. The molecule has 1 N–H and O–H groups in total. The molecule has 34 heavy (non-hydrogen) atoms. The molecule has 5 nitrogen and oxygen atoms in total. The van der Waals surface area contributed by atoms with Gasteiger partial charge < -0.3 is 10.2 Å². The average molecular weight is 456 g/mol. The van der Waals surface area contributed by atoms with Crippen molar-refractivity contribution in [3.8, 4) is 0 Å². The monoisotopic (exact) mass is 455 g/mol. The minimum absolute atomic E-state index is 0.0260. The Bertz CT molecular complexity index is 1160. The van der Waals surface area contributed by atoms with Gasteiger partial charge in [-0.15, -0.1) is 0 Å². The second-order valence-electron chi connectivity index (χ2n) is 9.69. The number of amides is 2. The van der Waals surface area contributed by atoms with Crippen molar-refractivity contribution in [1.29, 1.82) is 0 Å². The van der Waals surface area contributed by atoms with Crippen LogP contribution in [0, 0.1) is 5.92 Å². The minimum atomic E-state index is -0.145. The summed E-state index contributed by atoms with van der Waals surface area (Å²) in [5, 5.41) is 5.33. The maximum absolute atomic E-state index is 13.4. The molecule has 3 aromatic carbocycles. The summed E-state index contributed by atoms with van der Waals surface area (Å²) in [4.78, 5) is 30.8. The number of hydrogen-bond donors (Lipinski definition) is 1. The molecule has 2 aliphatic rings. The van der Waals surface area contributed by atoms with Gasteiger partial charge in [0.25, 0.3) is 5.91 Å². The van der Waals surface area contributed by atoms with Gasteiger partial charge in [0, 0.05) is 43.8 Å². The summed E-state index contributed by atoms with van der Waals surface area (Å²) in [6.45, 7) is 5.28. The zero-order valence-electron chi connectivity index (χ0n) is 19.8. The molecule has 5 rings (SSSR count). The molecule has 2 amide bonds. The molecule has 3 unspecified atom stereocenters. The van der Waals surface area contributed by atoms with E-state index in [1.807, 2.05) is 53.4 Å². The van der Waals surface area contributed by atoms with Gasteiger partial charge in [0.05, 0.1) is 5.92 Å². The summed E-state index contributed by atoms with van der Waals surface area (Å²) >= 11 is 0. The van der Waals surface area contributed by atoms with Crippen LogP contribution in [-0.2, 0) is 4.79 Å². The summed E-state index contributed by atoms with van der Waals surface area (Å²) in [6, 6.07) is 24.9. The van der Waals surface area contributed by atoms with E-state index in [0.29, 0.717) is 19.1 Å². The van der Waals surface area contributed by atoms with Crippen LogP contribution in [0.25, 0.3) is 10.8 Å². The van der Waals surface area contributed by atoms with Gasteiger partial charge in [-0.1, -0.05) is 66.7 Å². The van der Waals surface area contributed by atoms with E-state index in [0.717, 1.165) is 48.7 Å². The largest absolute Gasteiger partial charge is 0.352 e. The number of benzene rings is 3. The van der Waals surface area contributed by atoms with Crippen LogP contribution in [0.1, 0.15) is 48.1 Å². The number of likely N-dealkylation sites (tertiary alicyclic amines) is 2. The highest BCUT2D eigenvalue weighted by Gasteiger charge is 2.33. The molecular weight excluding hydrogens is 422 g/mol. The van der Waals surface area contributed by atoms with Gasteiger partial charge in [-0.25, -0.2) is 0 Å². The van der Waals surface area contributed by atoms with Gasteiger partial charge in [0.2, 0.25) is 5.91 Å². The Balaban J connectivity index is 1.20. The lowest BCUT2D eigenvalue weighted by molar-refractivity contribution is -0.127. The maximum atomic E-state index is 13.4. The molecule has 2 aliphatic heterocycles. The predicted molar refractivity (Wildman–Crippen MR) is 136 cm³/mol. The fraction of sp³-hybridized carbons (Fsp3) is 0.379. The van der Waals surface area contributed by atoms with Crippen LogP contribution in [0.15, 0.2) is 72.8 Å². The second-order valence-corrected chi connectivity index (χ2v) is 9.69. The Morgan fingerprint density at radius 2 is 1.65 bits per heavy atom. The molecule has 3 aromatic rings. The van der Waals surface area contributed by atoms with E-state index in [1.165, 1.54) is 5.56 Å². The van der Waals surface area contributed by atoms with E-state index < -0.39 is 0 Å². The number of fused-ring (bicyclic) bond motifs is 1. The summed E-state index contributed by atoms with van der Waals surface area (Å²) < 4.78 is 0. The Morgan fingerprint density at radius 1 is 0.882 bits per heavy atom. The zero-order valence-corrected chi connectivity index (χ0v) is 19.8. The molecule has 3 atom stereocenters. The molecule has 0 aromatic heterocycles. The van der Waals surface area contributed by atoms with Crippen LogP contribution in [0.4, 0.5) is 0 Å². The van der Waals surface area contributed by atoms with Crippen molar-refractivity contribution in [3.05, 3.63) is 83.9 Å². The van der Waals surface area contributed by atoms with Crippen molar-refractivity contribution >= 4 is 22.6 Å². The molecule has 0 aliphatic carbocycles. The molecule has 5 heteroatoms. The number of rotatable bonds is 5. The van der Waals surface area contributed by atoms with Crippen LogP contribution < -0.4 is 5.32 Å². The molecular formula is C29H33N3O2. The summed E-state index contributed by atoms with van der Waals surface area (Å²) in [7, 11) is 0. The van der Waals surface area contributed by atoms with Gasteiger partial charge >= 0.3 is 0 Å². The van der Waals surface area contributed by atoms with E-state index in [4.69, 9.17) is 0 Å². The van der Waals surface area contributed by atoms with Crippen molar-refractivity contribution in [2.75, 3.05) is 26.2 Å². The summed E-state index contributed by atoms with van der Waals surface area (Å²) in [6.07, 6.45) is 2.66. The molecule has 0 bridgehead atoms. The third-order valence-electron chi connectivity index (χ3n) is 7.50. The van der Waals surface area contributed by atoms with Gasteiger partial charge in [-0.05, 0) is 48.6 Å². The lowest BCUT2D eigenvalue weighted by atomic mass is 9.95. The van der Waals surface area contributed by atoms with E-state index in [1.54, 1.807) is 0 Å². The van der Waals surface area contributed by atoms with Crippen molar-refractivity contribution in [2.45, 2.75) is 38.3 Å². The predicted octanol–water partition coefficient (Wildman–Crippen LogP) is 4.64. The molecule has 2 saturated heterocycles. The molecule has 0 spiro atoms. The summed E-state index contributed by atoms with van der Waals surface area (Å²) in [5.74, 6) is -0.0269. The second kappa shape index (κ2) is 9.98. The van der Waals surface area contributed by atoms with Crippen molar-refractivity contribution in [3.63, 3.8) is 0 Å². The van der Waals surface area contributed by atoms with E-state index >= 15 is 0 Å². The summed E-state index contributed by atoms with van der Waals surface area (Å²) in [5.41, 5.74) is 2.03. The van der Waals surface area contributed by atoms with Crippen molar-refractivity contribution < 1.29 is 9.59 Å². The van der Waals surface area contributed by atoms with Crippen LogP contribution in [0.3, 0.4) is 0 Å².